The molecule has 0 rings (SSSR count). The number of carbonyl (C=O) groups excluding carboxylic acids is 2. The molecule has 0 saturated carbocycles. The lowest BCUT2D eigenvalue weighted by Gasteiger charge is -2.26. The summed E-state index contributed by atoms with van der Waals surface area (Å²) in [6.45, 7) is 9.32. The van der Waals surface area contributed by atoms with E-state index in [4.69, 9.17) is 5.73 Å². The first-order chi connectivity index (χ1) is 7.54. The normalized spacial score (nSPS) is 15.0. The summed E-state index contributed by atoms with van der Waals surface area (Å²) in [6.07, 6.45) is 0. The van der Waals surface area contributed by atoms with Crippen LogP contribution in [0.25, 0.3) is 0 Å². The second-order valence-corrected chi connectivity index (χ2v) is 5.64. The number of nitrogens with zero attached hydrogens (tertiary/aromatic N) is 1. The number of nitrogens with two attached hydrogens (primary N) is 1. The number of hydrogen-bond acceptors (Lipinski definition) is 3. The molecule has 5 nitrogen and oxygen atoms in total. The van der Waals surface area contributed by atoms with E-state index in [9.17, 15) is 9.59 Å². The molecule has 3 N–H and O–H groups in total. The molecule has 0 aromatic rings. The number of rotatable bonds is 4. The Morgan fingerprint density at radius 3 is 2.12 bits per heavy atom. The molecule has 0 aliphatic rings. The van der Waals surface area contributed by atoms with Crippen molar-refractivity contribution in [1.82, 2.24) is 10.2 Å². The molecule has 0 fully saturated rings. The molecule has 0 heterocycles. The molecule has 2 unspecified atom stereocenters. The molecule has 0 radical (unpaired) electrons. The first-order valence-electron chi connectivity index (χ1n) is 5.86. The number of carbonyl (C=O) groups is 2. The van der Waals surface area contributed by atoms with E-state index in [0.29, 0.717) is 0 Å². The Bertz CT molecular complexity index is 282. The lowest BCUT2D eigenvalue weighted by Crippen LogP contribution is -2.48. The van der Waals surface area contributed by atoms with E-state index >= 15 is 0 Å². The van der Waals surface area contributed by atoms with Gasteiger partial charge in [-0.15, -0.1) is 0 Å². The highest BCUT2D eigenvalue weighted by atomic mass is 16.2. The zero-order valence-corrected chi connectivity index (χ0v) is 11.7. The minimum absolute atomic E-state index is 0.0627. The van der Waals surface area contributed by atoms with E-state index in [1.54, 1.807) is 20.9 Å². The molecular formula is C12H25N3O2. The third kappa shape index (κ3) is 6.26. The lowest BCUT2D eigenvalue weighted by atomic mass is 10.0. The van der Waals surface area contributed by atoms with E-state index in [0.717, 1.165) is 0 Å². The van der Waals surface area contributed by atoms with Gasteiger partial charge in [-0.2, -0.15) is 0 Å². The van der Waals surface area contributed by atoms with Gasteiger partial charge in [0.25, 0.3) is 0 Å². The van der Waals surface area contributed by atoms with Crippen molar-refractivity contribution in [2.24, 2.45) is 11.7 Å². The first-order valence-corrected chi connectivity index (χ1v) is 5.86. The van der Waals surface area contributed by atoms with Gasteiger partial charge in [-0.1, -0.05) is 6.92 Å². The standard InChI is InChI=1S/C12H25N3O2/c1-8(9(2)13)11(17)15(6)7-10(16)14-12(3,4)5/h8-9H,7,13H2,1-6H3,(H,14,16). The van der Waals surface area contributed by atoms with Crippen molar-refractivity contribution in [1.29, 1.82) is 0 Å². The van der Waals surface area contributed by atoms with Gasteiger partial charge in [-0.3, -0.25) is 9.59 Å². The van der Waals surface area contributed by atoms with Crippen molar-refractivity contribution < 1.29 is 9.59 Å². The minimum atomic E-state index is -0.284. The quantitative estimate of drug-likeness (QED) is 0.748. The van der Waals surface area contributed by atoms with Gasteiger partial charge in [-0.05, 0) is 27.7 Å². The second-order valence-electron chi connectivity index (χ2n) is 5.64. The van der Waals surface area contributed by atoms with Crippen LogP contribution >= 0.6 is 0 Å². The summed E-state index contributed by atoms with van der Waals surface area (Å²) in [7, 11) is 1.61. The molecule has 0 saturated heterocycles. The third-order valence-corrected chi connectivity index (χ3v) is 2.45. The van der Waals surface area contributed by atoms with Crippen LogP contribution in [0.1, 0.15) is 34.6 Å². The Morgan fingerprint density at radius 2 is 1.76 bits per heavy atom. The fourth-order valence-electron chi connectivity index (χ4n) is 1.32. The molecule has 5 heteroatoms. The topological polar surface area (TPSA) is 75.4 Å². The Hall–Kier alpha value is -1.10. The Kier molecular flexibility index (Phi) is 5.61. The van der Waals surface area contributed by atoms with Crippen LogP contribution in [0.2, 0.25) is 0 Å². The van der Waals surface area contributed by atoms with E-state index in [1.807, 2.05) is 20.8 Å². The van der Waals surface area contributed by atoms with Gasteiger partial charge >= 0.3 is 0 Å². The third-order valence-electron chi connectivity index (χ3n) is 2.45. The molecule has 2 amide bonds. The summed E-state index contributed by atoms with van der Waals surface area (Å²) in [5.41, 5.74) is 5.38. The van der Waals surface area contributed by atoms with Crippen LogP contribution in [-0.4, -0.2) is 41.9 Å². The van der Waals surface area contributed by atoms with Crippen LogP contribution in [0, 0.1) is 5.92 Å². The highest BCUT2D eigenvalue weighted by Gasteiger charge is 2.23. The van der Waals surface area contributed by atoms with Crippen molar-refractivity contribution in [2.75, 3.05) is 13.6 Å². The van der Waals surface area contributed by atoms with Crippen LogP contribution in [-0.2, 0) is 9.59 Å². The molecule has 0 bridgehead atoms. The minimum Gasteiger partial charge on any atom is -0.350 e. The van der Waals surface area contributed by atoms with E-state index in [2.05, 4.69) is 5.32 Å². The maximum absolute atomic E-state index is 11.9. The summed E-state index contributed by atoms with van der Waals surface area (Å²) in [6, 6.07) is -0.212. The Labute approximate surface area is 104 Å². The van der Waals surface area contributed by atoms with Crippen molar-refractivity contribution >= 4 is 11.8 Å². The Balaban J connectivity index is 4.31. The van der Waals surface area contributed by atoms with Gasteiger partial charge in [0.1, 0.15) is 0 Å². The second kappa shape index (κ2) is 6.00. The molecule has 0 aliphatic heterocycles. The molecule has 0 aromatic heterocycles. The van der Waals surface area contributed by atoms with Crippen molar-refractivity contribution in [3.63, 3.8) is 0 Å². The van der Waals surface area contributed by atoms with Crippen molar-refractivity contribution in [3.05, 3.63) is 0 Å². The zero-order valence-electron chi connectivity index (χ0n) is 11.7. The van der Waals surface area contributed by atoms with Gasteiger partial charge in [0.15, 0.2) is 0 Å². The number of hydrogen-bond donors (Lipinski definition) is 2. The van der Waals surface area contributed by atoms with Crippen LogP contribution < -0.4 is 11.1 Å². The summed E-state index contributed by atoms with van der Waals surface area (Å²) in [5, 5.41) is 2.81. The summed E-state index contributed by atoms with van der Waals surface area (Å²) >= 11 is 0. The van der Waals surface area contributed by atoms with Crippen LogP contribution in [0.4, 0.5) is 0 Å². The van der Waals surface area contributed by atoms with Gasteiger partial charge in [0, 0.05) is 18.6 Å². The van der Waals surface area contributed by atoms with Crippen LogP contribution in [0.5, 0.6) is 0 Å². The number of likely N-dealkylation sites (N-methyl/N-ethyl adjacent to an activating group) is 1. The van der Waals surface area contributed by atoms with Crippen molar-refractivity contribution in [2.45, 2.75) is 46.2 Å². The maximum Gasteiger partial charge on any atom is 0.240 e. The van der Waals surface area contributed by atoms with Crippen LogP contribution in [0.3, 0.4) is 0 Å². The molecular weight excluding hydrogens is 218 g/mol. The highest BCUT2D eigenvalue weighted by molar-refractivity contribution is 5.86. The summed E-state index contributed by atoms with van der Waals surface area (Å²) < 4.78 is 0. The SMILES string of the molecule is CC(N)C(C)C(=O)N(C)CC(=O)NC(C)(C)C. The molecule has 17 heavy (non-hydrogen) atoms. The first kappa shape index (κ1) is 15.9. The fourth-order valence-corrected chi connectivity index (χ4v) is 1.32. The van der Waals surface area contributed by atoms with Gasteiger partial charge in [0.05, 0.1) is 12.5 Å². The maximum atomic E-state index is 11.9. The Morgan fingerprint density at radius 1 is 1.29 bits per heavy atom. The molecule has 2 atom stereocenters. The average molecular weight is 243 g/mol. The van der Waals surface area contributed by atoms with Gasteiger partial charge in [-0.25, -0.2) is 0 Å². The summed E-state index contributed by atoms with van der Waals surface area (Å²) in [5.74, 6) is -0.545. The zero-order chi connectivity index (χ0) is 13.8. The lowest BCUT2D eigenvalue weighted by molar-refractivity contribution is -0.138. The predicted octanol–water partition coefficient (Wildman–Crippen LogP) is 0.343. The van der Waals surface area contributed by atoms with E-state index in [-0.39, 0.29) is 35.9 Å². The average Bonchev–Trinajstić information content (AvgIpc) is 2.11. The monoisotopic (exact) mass is 243 g/mol. The smallest absolute Gasteiger partial charge is 0.240 e. The van der Waals surface area contributed by atoms with Gasteiger partial charge in [0.2, 0.25) is 11.8 Å². The van der Waals surface area contributed by atoms with Crippen molar-refractivity contribution in [3.8, 4) is 0 Å². The highest BCUT2D eigenvalue weighted by Crippen LogP contribution is 2.05. The summed E-state index contributed by atoms with van der Waals surface area (Å²) in [4.78, 5) is 24.9. The molecule has 0 spiro atoms. The largest absolute Gasteiger partial charge is 0.350 e. The molecule has 100 valence electrons. The van der Waals surface area contributed by atoms with Crippen LogP contribution in [0.15, 0.2) is 0 Å². The van der Waals surface area contributed by atoms with Gasteiger partial charge < -0.3 is 16.0 Å². The molecule has 0 aromatic carbocycles. The predicted molar refractivity (Wildman–Crippen MR) is 68.3 cm³/mol. The molecule has 0 aliphatic carbocycles. The number of amides is 2. The van der Waals surface area contributed by atoms with E-state index in [1.165, 1.54) is 4.90 Å². The number of nitrogens with one attached hydrogen (secondary N) is 1. The van der Waals surface area contributed by atoms with E-state index < -0.39 is 0 Å². The fraction of sp³-hybridized carbons (Fsp3) is 0.833.